The highest BCUT2D eigenvalue weighted by Gasteiger charge is 1.65. The molecule has 0 saturated carbocycles. The molecular weight excluding hydrogens is 156 g/mol. The van der Waals surface area contributed by atoms with Crippen LogP contribution < -0.4 is 0 Å². The third-order valence-corrected chi connectivity index (χ3v) is 0.822. The van der Waals surface area contributed by atoms with Gasteiger partial charge in [0, 0.05) is 5.33 Å². The van der Waals surface area contributed by atoms with Crippen LogP contribution in [0.15, 0.2) is 12.3 Å². The molecule has 1 nitrogen and oxygen atoms in total. The lowest BCUT2D eigenvalue weighted by atomic mass is 10.7. The maximum Gasteiger partial charge on any atom is 0.0845 e. The summed E-state index contributed by atoms with van der Waals surface area (Å²) in [6.07, 6.45) is 3.60. The summed E-state index contributed by atoms with van der Waals surface area (Å²) in [6, 6.07) is 0. The largest absolute Gasteiger partial charge is 0.502 e. The van der Waals surface area contributed by atoms with Crippen molar-refractivity contribution < 1.29 is 4.74 Å². The van der Waals surface area contributed by atoms with Crippen LogP contribution in [0.1, 0.15) is 6.92 Å². The zero-order chi connectivity index (χ0) is 5.54. The van der Waals surface area contributed by atoms with E-state index in [4.69, 9.17) is 4.74 Å². The molecule has 0 aliphatic heterocycles. The number of ether oxygens (including phenoxy) is 1. The third kappa shape index (κ3) is 6.02. The summed E-state index contributed by atoms with van der Waals surface area (Å²) in [4.78, 5) is 0. The Labute approximate surface area is 52.5 Å². The Hall–Kier alpha value is 0.0200. The maximum atomic E-state index is 4.86. The summed E-state index contributed by atoms with van der Waals surface area (Å²) in [7, 11) is 0. The van der Waals surface area contributed by atoms with Gasteiger partial charge in [-0.2, -0.15) is 0 Å². The van der Waals surface area contributed by atoms with Crippen molar-refractivity contribution in [3.05, 3.63) is 12.3 Å². The fourth-order valence-electron chi connectivity index (χ4n) is 0.201. The number of hydrogen-bond acceptors (Lipinski definition) is 1. The van der Waals surface area contributed by atoms with E-state index in [2.05, 4.69) is 15.9 Å². The lowest BCUT2D eigenvalue weighted by Crippen LogP contribution is -1.75. The SMILES string of the molecule is CCOC=CCBr. The summed E-state index contributed by atoms with van der Waals surface area (Å²) in [5.41, 5.74) is 0. The van der Waals surface area contributed by atoms with Gasteiger partial charge in [-0.25, -0.2) is 0 Å². The molecule has 0 unspecified atom stereocenters. The first kappa shape index (κ1) is 7.02. The Morgan fingerprint density at radius 3 is 2.86 bits per heavy atom. The van der Waals surface area contributed by atoms with Crippen molar-refractivity contribution in [3.63, 3.8) is 0 Å². The zero-order valence-electron chi connectivity index (χ0n) is 4.36. The minimum Gasteiger partial charge on any atom is -0.502 e. The number of alkyl halides is 1. The Morgan fingerprint density at radius 2 is 2.43 bits per heavy atom. The first-order valence-corrected chi connectivity index (χ1v) is 3.36. The molecule has 0 aliphatic carbocycles. The molecule has 0 rings (SSSR count). The van der Waals surface area contributed by atoms with Crippen molar-refractivity contribution in [2.24, 2.45) is 0 Å². The van der Waals surface area contributed by atoms with Gasteiger partial charge in [0.15, 0.2) is 0 Å². The molecule has 0 radical (unpaired) electrons. The van der Waals surface area contributed by atoms with Crippen molar-refractivity contribution in [2.45, 2.75) is 6.92 Å². The first-order valence-electron chi connectivity index (χ1n) is 2.24. The van der Waals surface area contributed by atoms with Crippen LogP contribution in [0.3, 0.4) is 0 Å². The van der Waals surface area contributed by atoms with E-state index in [1.807, 2.05) is 13.0 Å². The normalized spacial score (nSPS) is 10.0. The number of allylic oxidation sites excluding steroid dienone is 1. The molecule has 0 aromatic rings. The van der Waals surface area contributed by atoms with Gasteiger partial charge < -0.3 is 4.74 Å². The van der Waals surface area contributed by atoms with E-state index in [1.54, 1.807) is 6.26 Å². The fraction of sp³-hybridized carbons (Fsp3) is 0.600. The van der Waals surface area contributed by atoms with Crippen LogP contribution in [0, 0.1) is 0 Å². The van der Waals surface area contributed by atoms with Crippen LogP contribution in [0.5, 0.6) is 0 Å². The van der Waals surface area contributed by atoms with Gasteiger partial charge in [0.05, 0.1) is 12.9 Å². The predicted molar refractivity (Wildman–Crippen MR) is 34.6 cm³/mol. The molecule has 2 heteroatoms. The van der Waals surface area contributed by atoms with Gasteiger partial charge in [-0.15, -0.1) is 0 Å². The average molecular weight is 165 g/mol. The van der Waals surface area contributed by atoms with Crippen molar-refractivity contribution >= 4 is 15.9 Å². The zero-order valence-corrected chi connectivity index (χ0v) is 5.94. The third-order valence-electron chi connectivity index (χ3n) is 0.448. The van der Waals surface area contributed by atoms with Gasteiger partial charge >= 0.3 is 0 Å². The lowest BCUT2D eigenvalue weighted by Gasteiger charge is -1.87. The maximum absolute atomic E-state index is 4.86. The fourth-order valence-corrected chi connectivity index (χ4v) is 0.353. The molecule has 0 fully saturated rings. The number of rotatable bonds is 3. The highest BCUT2D eigenvalue weighted by molar-refractivity contribution is 9.09. The molecule has 0 aromatic carbocycles. The van der Waals surface area contributed by atoms with Gasteiger partial charge in [0.25, 0.3) is 0 Å². The summed E-state index contributed by atoms with van der Waals surface area (Å²) in [5.74, 6) is 0. The topological polar surface area (TPSA) is 9.23 Å². The van der Waals surface area contributed by atoms with E-state index < -0.39 is 0 Å². The van der Waals surface area contributed by atoms with Gasteiger partial charge in [0.2, 0.25) is 0 Å². The smallest absolute Gasteiger partial charge is 0.0845 e. The van der Waals surface area contributed by atoms with E-state index in [0.717, 1.165) is 11.9 Å². The molecule has 0 aliphatic rings. The Morgan fingerprint density at radius 1 is 1.71 bits per heavy atom. The van der Waals surface area contributed by atoms with Crippen molar-refractivity contribution in [1.29, 1.82) is 0 Å². The van der Waals surface area contributed by atoms with Gasteiger partial charge in [-0.3, -0.25) is 0 Å². The highest BCUT2D eigenvalue weighted by atomic mass is 79.9. The Bertz CT molecular complexity index is 52.0. The molecule has 0 spiro atoms. The van der Waals surface area contributed by atoms with E-state index in [1.165, 1.54) is 0 Å². The van der Waals surface area contributed by atoms with E-state index in [9.17, 15) is 0 Å². The summed E-state index contributed by atoms with van der Waals surface area (Å²) >= 11 is 3.21. The molecule has 0 amide bonds. The first-order chi connectivity index (χ1) is 3.41. The van der Waals surface area contributed by atoms with Crippen LogP contribution >= 0.6 is 15.9 Å². The Kier molecular flexibility index (Phi) is 6.04. The van der Waals surface area contributed by atoms with Crippen LogP contribution in [-0.2, 0) is 4.74 Å². The molecule has 0 heterocycles. The minimum atomic E-state index is 0.753. The molecule has 7 heavy (non-hydrogen) atoms. The second kappa shape index (κ2) is 6.02. The van der Waals surface area contributed by atoms with Crippen molar-refractivity contribution in [1.82, 2.24) is 0 Å². The molecule has 0 bridgehead atoms. The lowest BCUT2D eigenvalue weighted by molar-refractivity contribution is 0.269. The molecule has 42 valence electrons. The summed E-state index contributed by atoms with van der Waals surface area (Å²) in [6.45, 7) is 2.71. The van der Waals surface area contributed by atoms with Crippen LogP contribution in [0.4, 0.5) is 0 Å². The predicted octanol–water partition coefficient (Wildman–Crippen LogP) is 1.93. The van der Waals surface area contributed by atoms with Crippen LogP contribution in [-0.4, -0.2) is 11.9 Å². The van der Waals surface area contributed by atoms with Crippen molar-refractivity contribution in [3.8, 4) is 0 Å². The highest BCUT2D eigenvalue weighted by Crippen LogP contribution is 1.81. The van der Waals surface area contributed by atoms with Crippen LogP contribution in [0.25, 0.3) is 0 Å². The Balaban J connectivity index is 2.78. The number of halogens is 1. The van der Waals surface area contributed by atoms with Gasteiger partial charge in [-0.05, 0) is 13.0 Å². The summed E-state index contributed by atoms with van der Waals surface area (Å²) < 4.78 is 4.86. The molecule has 0 N–H and O–H groups in total. The number of hydrogen-bond donors (Lipinski definition) is 0. The van der Waals surface area contributed by atoms with Crippen LogP contribution in [0.2, 0.25) is 0 Å². The van der Waals surface area contributed by atoms with Gasteiger partial charge in [-0.1, -0.05) is 15.9 Å². The van der Waals surface area contributed by atoms with E-state index >= 15 is 0 Å². The van der Waals surface area contributed by atoms with E-state index in [0.29, 0.717) is 0 Å². The molecule has 0 aromatic heterocycles. The molecule has 0 saturated heterocycles. The van der Waals surface area contributed by atoms with Crippen molar-refractivity contribution in [2.75, 3.05) is 11.9 Å². The second-order valence-electron chi connectivity index (χ2n) is 0.981. The standard InChI is InChI=1S/C5H9BrO/c1-2-7-5-3-4-6/h3,5H,2,4H2,1H3. The quantitative estimate of drug-likeness (QED) is 0.458. The molecule has 0 atom stereocenters. The van der Waals surface area contributed by atoms with E-state index in [-0.39, 0.29) is 0 Å². The average Bonchev–Trinajstić information content (AvgIpc) is 1.69. The second-order valence-corrected chi connectivity index (χ2v) is 1.63. The van der Waals surface area contributed by atoms with Gasteiger partial charge in [0.1, 0.15) is 0 Å². The summed E-state index contributed by atoms with van der Waals surface area (Å²) in [5, 5.41) is 0.868. The monoisotopic (exact) mass is 164 g/mol. The minimum absolute atomic E-state index is 0.753. The molecular formula is C5H9BrO.